The summed E-state index contributed by atoms with van der Waals surface area (Å²) in [6.07, 6.45) is 7.10. The molecule has 0 unspecified atom stereocenters. The fourth-order valence-corrected chi connectivity index (χ4v) is 2.07. The quantitative estimate of drug-likeness (QED) is 0.790. The fourth-order valence-electron chi connectivity index (χ4n) is 1.39. The Morgan fingerprint density at radius 3 is 2.82 bits per heavy atom. The molecule has 0 spiro atoms. The zero-order valence-corrected chi connectivity index (χ0v) is 10.4. The van der Waals surface area contributed by atoms with E-state index >= 15 is 0 Å². The van der Waals surface area contributed by atoms with E-state index in [-0.39, 0.29) is 5.03 Å². The Bertz CT molecular complexity index is 595. The second-order valence-corrected chi connectivity index (χ2v) is 6.01. The largest absolute Gasteiger partial charge is 0.336 e. The van der Waals surface area contributed by atoms with E-state index in [0.29, 0.717) is 6.54 Å². The topological polar surface area (TPSA) is 64.8 Å². The van der Waals surface area contributed by atoms with Crippen LogP contribution < -0.4 is 0 Å². The van der Waals surface area contributed by atoms with Gasteiger partial charge in [0.2, 0.25) is 0 Å². The molecule has 2 heterocycles. The van der Waals surface area contributed by atoms with Crippen molar-refractivity contribution in [1.82, 2.24) is 14.5 Å². The monoisotopic (exact) mass is 271 g/mol. The summed E-state index contributed by atoms with van der Waals surface area (Å²) in [5.41, 5.74) is 1.08. The van der Waals surface area contributed by atoms with Gasteiger partial charge in [0.05, 0.1) is 6.33 Å². The first-order valence-electron chi connectivity index (χ1n) is 4.91. The van der Waals surface area contributed by atoms with Crippen LogP contribution in [0.4, 0.5) is 0 Å². The van der Waals surface area contributed by atoms with Crippen LogP contribution in [0, 0.1) is 0 Å². The number of imidazole rings is 1. The van der Waals surface area contributed by atoms with Crippen LogP contribution in [0.1, 0.15) is 5.56 Å². The highest BCUT2D eigenvalue weighted by Crippen LogP contribution is 2.11. The number of aryl methyl sites for hydroxylation is 2. The third kappa shape index (κ3) is 3.28. The molecule has 0 bridgehead atoms. The Morgan fingerprint density at radius 2 is 2.24 bits per heavy atom. The maximum atomic E-state index is 11.0. The van der Waals surface area contributed by atoms with Gasteiger partial charge in [0.1, 0.15) is 0 Å². The van der Waals surface area contributed by atoms with Crippen LogP contribution >= 0.6 is 10.7 Å². The molecule has 90 valence electrons. The highest BCUT2D eigenvalue weighted by Gasteiger charge is 2.13. The van der Waals surface area contributed by atoms with Gasteiger partial charge >= 0.3 is 0 Å². The summed E-state index contributed by atoms with van der Waals surface area (Å²) in [4.78, 5) is 7.73. The SMILES string of the molecule is O=S(=O)(Cl)c1cn(CCc2cccnc2)cn1. The second-order valence-electron chi connectivity index (χ2n) is 3.50. The molecule has 0 radical (unpaired) electrons. The van der Waals surface area contributed by atoms with Gasteiger partial charge in [0.15, 0.2) is 5.03 Å². The van der Waals surface area contributed by atoms with Crippen LogP contribution in [0.3, 0.4) is 0 Å². The van der Waals surface area contributed by atoms with Crippen molar-refractivity contribution in [1.29, 1.82) is 0 Å². The second kappa shape index (κ2) is 4.85. The minimum atomic E-state index is -3.74. The Morgan fingerprint density at radius 1 is 1.41 bits per heavy atom. The molecule has 0 aliphatic rings. The van der Waals surface area contributed by atoms with Gasteiger partial charge in [-0.3, -0.25) is 4.98 Å². The molecule has 2 aromatic heterocycles. The van der Waals surface area contributed by atoms with Crippen LogP contribution in [-0.4, -0.2) is 23.0 Å². The van der Waals surface area contributed by atoms with Crippen molar-refractivity contribution < 1.29 is 8.42 Å². The highest BCUT2D eigenvalue weighted by atomic mass is 35.7. The number of halogens is 1. The van der Waals surface area contributed by atoms with Crippen LogP contribution in [0.15, 0.2) is 42.1 Å². The van der Waals surface area contributed by atoms with Gasteiger partial charge in [-0.25, -0.2) is 13.4 Å². The van der Waals surface area contributed by atoms with E-state index in [1.54, 1.807) is 17.0 Å². The smallest absolute Gasteiger partial charge is 0.280 e. The van der Waals surface area contributed by atoms with E-state index in [1.807, 2.05) is 12.1 Å². The predicted octanol–water partition coefficient (Wildman–Crippen LogP) is 1.45. The van der Waals surface area contributed by atoms with E-state index in [4.69, 9.17) is 10.7 Å². The van der Waals surface area contributed by atoms with Crippen molar-refractivity contribution in [2.75, 3.05) is 0 Å². The van der Waals surface area contributed by atoms with Crippen molar-refractivity contribution >= 4 is 19.7 Å². The molecular weight excluding hydrogens is 262 g/mol. The first kappa shape index (κ1) is 12.1. The molecule has 0 N–H and O–H groups in total. The van der Waals surface area contributed by atoms with E-state index in [0.717, 1.165) is 12.0 Å². The molecule has 7 heteroatoms. The summed E-state index contributed by atoms with van der Waals surface area (Å²) < 4.78 is 23.7. The van der Waals surface area contributed by atoms with E-state index in [9.17, 15) is 8.42 Å². The number of nitrogens with zero attached hydrogens (tertiary/aromatic N) is 3. The van der Waals surface area contributed by atoms with Crippen molar-refractivity contribution in [2.24, 2.45) is 0 Å². The van der Waals surface area contributed by atoms with Crippen molar-refractivity contribution in [2.45, 2.75) is 18.0 Å². The molecule has 5 nitrogen and oxygen atoms in total. The van der Waals surface area contributed by atoms with Crippen LogP contribution in [0.5, 0.6) is 0 Å². The molecule has 0 amide bonds. The Kier molecular flexibility index (Phi) is 3.44. The summed E-state index contributed by atoms with van der Waals surface area (Å²) in [7, 11) is 1.44. The molecule has 2 rings (SSSR count). The van der Waals surface area contributed by atoms with Crippen LogP contribution in [-0.2, 0) is 22.0 Å². The standard InChI is InChI=1S/C10H10ClN3O2S/c11-17(15,16)10-7-14(8-13-10)5-3-9-2-1-4-12-6-9/h1-2,4,6-8H,3,5H2. The molecule has 0 aliphatic carbocycles. The average molecular weight is 272 g/mol. The number of pyridine rings is 1. The number of hydrogen-bond donors (Lipinski definition) is 0. The summed E-state index contributed by atoms with van der Waals surface area (Å²) >= 11 is 0. The number of hydrogen-bond acceptors (Lipinski definition) is 4. The molecule has 0 saturated heterocycles. The van der Waals surface area contributed by atoms with Gasteiger partial charge in [-0.15, -0.1) is 0 Å². The van der Waals surface area contributed by atoms with Crippen molar-refractivity contribution in [3.8, 4) is 0 Å². The normalized spacial score (nSPS) is 11.6. The maximum Gasteiger partial charge on any atom is 0.280 e. The highest BCUT2D eigenvalue weighted by molar-refractivity contribution is 8.13. The lowest BCUT2D eigenvalue weighted by Gasteiger charge is -2.01. The van der Waals surface area contributed by atoms with Gasteiger partial charge in [-0.05, 0) is 18.1 Å². The van der Waals surface area contributed by atoms with Crippen molar-refractivity contribution in [3.05, 3.63) is 42.6 Å². The third-order valence-electron chi connectivity index (χ3n) is 2.24. The Balaban J connectivity index is 2.04. The van der Waals surface area contributed by atoms with Gasteiger partial charge in [0.25, 0.3) is 9.05 Å². The number of rotatable bonds is 4. The average Bonchev–Trinajstić information content (AvgIpc) is 2.76. The molecule has 0 fully saturated rings. The molecule has 0 atom stereocenters. The van der Waals surface area contributed by atoms with Crippen molar-refractivity contribution in [3.63, 3.8) is 0 Å². The lowest BCUT2D eigenvalue weighted by molar-refractivity contribution is 0.606. The summed E-state index contributed by atoms with van der Waals surface area (Å²) in [6.45, 7) is 0.630. The zero-order chi connectivity index (χ0) is 12.3. The van der Waals surface area contributed by atoms with E-state index < -0.39 is 9.05 Å². The van der Waals surface area contributed by atoms with Gasteiger partial charge < -0.3 is 4.57 Å². The summed E-state index contributed by atoms with van der Waals surface area (Å²) in [5.74, 6) is 0. The summed E-state index contributed by atoms with van der Waals surface area (Å²) in [5, 5.41) is -0.120. The Labute approximate surface area is 104 Å². The minimum Gasteiger partial charge on any atom is -0.336 e. The third-order valence-corrected chi connectivity index (χ3v) is 3.43. The number of aromatic nitrogens is 3. The summed E-state index contributed by atoms with van der Waals surface area (Å²) in [6, 6.07) is 3.82. The fraction of sp³-hybridized carbons (Fsp3) is 0.200. The van der Waals surface area contributed by atoms with E-state index in [1.165, 1.54) is 12.5 Å². The minimum absolute atomic E-state index is 0.120. The predicted molar refractivity (Wildman–Crippen MR) is 63.2 cm³/mol. The lowest BCUT2D eigenvalue weighted by Crippen LogP contribution is -1.99. The molecular formula is C10H10ClN3O2S. The maximum absolute atomic E-state index is 11.0. The molecule has 17 heavy (non-hydrogen) atoms. The molecule has 0 aromatic carbocycles. The first-order chi connectivity index (χ1) is 8.05. The van der Waals surface area contributed by atoms with Gasteiger partial charge in [0, 0.05) is 35.8 Å². The van der Waals surface area contributed by atoms with Crippen LogP contribution in [0.2, 0.25) is 0 Å². The first-order valence-corrected chi connectivity index (χ1v) is 7.22. The lowest BCUT2D eigenvalue weighted by atomic mass is 10.2. The molecule has 0 aliphatic heterocycles. The van der Waals surface area contributed by atoms with Gasteiger partial charge in [-0.2, -0.15) is 0 Å². The van der Waals surface area contributed by atoms with Gasteiger partial charge in [-0.1, -0.05) is 6.07 Å². The van der Waals surface area contributed by atoms with E-state index in [2.05, 4.69) is 9.97 Å². The molecule has 0 saturated carbocycles. The Hall–Kier alpha value is -1.40. The van der Waals surface area contributed by atoms with Crippen LogP contribution in [0.25, 0.3) is 0 Å². The zero-order valence-electron chi connectivity index (χ0n) is 8.82. The molecule has 2 aromatic rings.